The second-order valence-corrected chi connectivity index (χ2v) is 12.5. The number of carbonyl (C=O) groups excluding carboxylic acids is 1. The van der Waals surface area contributed by atoms with E-state index in [1.54, 1.807) is 0 Å². The number of aliphatic hydroxyl groups is 2. The summed E-state index contributed by atoms with van der Waals surface area (Å²) >= 11 is 0. The van der Waals surface area contributed by atoms with Crippen molar-refractivity contribution in [1.82, 2.24) is 10.6 Å². The van der Waals surface area contributed by atoms with E-state index in [1.165, 1.54) is 19.3 Å². The number of carboxylic acids is 1. The number of carboxylic acid groups (broad SMARTS) is 1. The van der Waals surface area contributed by atoms with Gasteiger partial charge in [-0.2, -0.15) is 0 Å². The minimum absolute atomic E-state index is 0.110. The average Bonchev–Trinajstić information content (AvgIpc) is 2.88. The molecule has 6 atom stereocenters. The predicted octanol–water partition coefficient (Wildman–Crippen LogP) is 3.08. The summed E-state index contributed by atoms with van der Waals surface area (Å²) in [6, 6.07) is 0.774. The van der Waals surface area contributed by atoms with Crippen LogP contribution in [0.5, 0.6) is 0 Å². The Morgan fingerprint density at radius 3 is 1.95 bits per heavy atom. The molecule has 0 aliphatic heterocycles. The molecule has 4 fully saturated rings. The van der Waals surface area contributed by atoms with E-state index in [0.29, 0.717) is 31.4 Å². The van der Waals surface area contributed by atoms with Gasteiger partial charge in [-0.05, 0) is 108 Å². The molecule has 4 aliphatic rings. The maximum atomic E-state index is 12.8. The van der Waals surface area contributed by atoms with Crippen LogP contribution in [0.25, 0.3) is 0 Å². The van der Waals surface area contributed by atoms with Crippen LogP contribution in [0, 0.1) is 29.6 Å². The molecule has 4 rings (SSSR count). The van der Waals surface area contributed by atoms with E-state index in [4.69, 9.17) is 5.26 Å². The zero-order valence-electron chi connectivity index (χ0n) is 22.1. The molecule has 9 heteroatoms. The van der Waals surface area contributed by atoms with Crippen molar-refractivity contribution in [3.8, 4) is 0 Å². The second kappa shape index (κ2) is 13.7. The largest absolute Gasteiger partial charge is 0.481 e. The molecule has 0 saturated heterocycles. The Bertz CT molecular complexity index is 736. The summed E-state index contributed by atoms with van der Waals surface area (Å²) in [6.45, 7) is 0.325. The fourth-order valence-electron chi connectivity index (χ4n) is 7.63. The fourth-order valence-corrected chi connectivity index (χ4v) is 7.63. The first-order valence-electron chi connectivity index (χ1n) is 14.7. The summed E-state index contributed by atoms with van der Waals surface area (Å²) in [6.07, 6.45) is 12.6. The minimum atomic E-state index is -0.934. The van der Waals surface area contributed by atoms with Crippen molar-refractivity contribution < 1.29 is 35.1 Å². The molecule has 212 valence electrons. The van der Waals surface area contributed by atoms with E-state index in [-0.39, 0.29) is 36.4 Å². The quantitative estimate of drug-likeness (QED) is 0.199. The molecule has 9 nitrogen and oxygen atoms in total. The van der Waals surface area contributed by atoms with Crippen LogP contribution in [0.3, 0.4) is 0 Å². The van der Waals surface area contributed by atoms with Crippen LogP contribution in [-0.2, 0) is 14.5 Å². The lowest BCUT2D eigenvalue weighted by Crippen LogP contribution is -2.49. The number of hydrogen-bond donors (Lipinski definition) is 6. The minimum Gasteiger partial charge on any atom is -0.481 e. The third kappa shape index (κ3) is 8.12. The van der Waals surface area contributed by atoms with Gasteiger partial charge in [0.05, 0.1) is 30.7 Å². The number of hydrogen-bond acceptors (Lipinski definition) is 7. The Morgan fingerprint density at radius 1 is 0.730 bits per heavy atom. The fraction of sp³-hybridized carbons (Fsp3) is 0.929. The van der Waals surface area contributed by atoms with Crippen LogP contribution in [0.4, 0.5) is 0 Å². The van der Waals surface area contributed by atoms with Crippen molar-refractivity contribution in [2.75, 3.05) is 6.61 Å². The second-order valence-electron chi connectivity index (χ2n) is 12.5. The molecule has 6 unspecified atom stereocenters. The first-order valence-corrected chi connectivity index (χ1v) is 14.7. The molecule has 0 aromatic heterocycles. The summed E-state index contributed by atoms with van der Waals surface area (Å²) in [5.41, 5.74) is 0. The van der Waals surface area contributed by atoms with Gasteiger partial charge in [0, 0.05) is 24.0 Å². The molecule has 1 amide bonds. The van der Waals surface area contributed by atoms with Crippen molar-refractivity contribution >= 4 is 11.9 Å². The number of rotatable bonds is 9. The van der Waals surface area contributed by atoms with Crippen molar-refractivity contribution in [1.29, 1.82) is 0 Å². The highest BCUT2D eigenvalue weighted by Crippen LogP contribution is 2.37. The maximum Gasteiger partial charge on any atom is 0.307 e. The van der Waals surface area contributed by atoms with E-state index in [9.17, 15) is 24.9 Å². The lowest BCUT2D eigenvalue weighted by atomic mass is 9.74. The maximum absolute atomic E-state index is 12.8. The average molecular weight is 525 g/mol. The number of aliphatic hydroxyl groups excluding tert-OH is 2. The van der Waals surface area contributed by atoms with Gasteiger partial charge in [0.15, 0.2) is 0 Å². The summed E-state index contributed by atoms with van der Waals surface area (Å²) in [5, 5.41) is 45.4. The summed E-state index contributed by atoms with van der Waals surface area (Å²) in [7, 11) is 0. The van der Waals surface area contributed by atoms with Gasteiger partial charge < -0.3 is 26.0 Å². The van der Waals surface area contributed by atoms with Crippen LogP contribution in [0.1, 0.15) is 96.3 Å². The standard InChI is InChI=1S/C28H48N2O7/c31-22-11-12-24(28(34)35)25(14-22)27(33)30-21-8-3-18(4-9-21)13-17-1-6-20(7-2-17)29-26-15-23(32)10-5-19(26)16-37-36/h17-26,29,31-32,36H,1-16H2,(H,30,33)(H,34,35). The van der Waals surface area contributed by atoms with Gasteiger partial charge in [-0.15, -0.1) is 0 Å². The summed E-state index contributed by atoms with van der Waals surface area (Å²) in [5.74, 6) is -0.782. The van der Waals surface area contributed by atoms with E-state index in [0.717, 1.165) is 63.7 Å². The lowest BCUT2D eigenvalue weighted by Gasteiger charge is -2.39. The Balaban J connectivity index is 1.15. The first kappa shape index (κ1) is 28.7. The van der Waals surface area contributed by atoms with Crippen LogP contribution in [-0.4, -0.2) is 69.4 Å². The number of nitrogens with one attached hydrogen (secondary N) is 2. The van der Waals surface area contributed by atoms with Gasteiger partial charge in [0.25, 0.3) is 0 Å². The van der Waals surface area contributed by atoms with Gasteiger partial charge in [0.1, 0.15) is 0 Å². The van der Waals surface area contributed by atoms with Crippen LogP contribution < -0.4 is 10.6 Å². The molecule has 4 saturated carbocycles. The first-order chi connectivity index (χ1) is 17.8. The van der Waals surface area contributed by atoms with Gasteiger partial charge >= 0.3 is 5.97 Å². The topological polar surface area (TPSA) is 148 Å². The van der Waals surface area contributed by atoms with Gasteiger partial charge in [-0.1, -0.05) is 0 Å². The third-order valence-corrected chi connectivity index (χ3v) is 9.89. The molecular weight excluding hydrogens is 476 g/mol. The normalized spacial score (nSPS) is 41.2. The third-order valence-electron chi connectivity index (χ3n) is 9.89. The van der Waals surface area contributed by atoms with Crippen molar-refractivity contribution in [2.24, 2.45) is 29.6 Å². The van der Waals surface area contributed by atoms with Gasteiger partial charge in [0.2, 0.25) is 5.91 Å². The Kier molecular flexibility index (Phi) is 10.6. The summed E-state index contributed by atoms with van der Waals surface area (Å²) in [4.78, 5) is 28.9. The van der Waals surface area contributed by atoms with Crippen molar-refractivity contribution in [3.05, 3.63) is 0 Å². The van der Waals surface area contributed by atoms with Crippen molar-refractivity contribution in [2.45, 2.75) is 127 Å². The molecule has 0 spiro atoms. The highest BCUT2D eigenvalue weighted by molar-refractivity contribution is 5.85. The Labute approximate surface area is 220 Å². The smallest absolute Gasteiger partial charge is 0.307 e. The molecule has 0 aromatic rings. The van der Waals surface area contributed by atoms with Crippen LogP contribution >= 0.6 is 0 Å². The zero-order valence-corrected chi connectivity index (χ0v) is 22.1. The van der Waals surface area contributed by atoms with Crippen molar-refractivity contribution in [3.63, 3.8) is 0 Å². The highest BCUT2D eigenvalue weighted by atomic mass is 17.1. The lowest BCUT2D eigenvalue weighted by molar-refractivity contribution is -0.254. The van der Waals surface area contributed by atoms with E-state index in [2.05, 4.69) is 15.5 Å². The van der Waals surface area contributed by atoms with E-state index in [1.807, 2.05) is 0 Å². The molecule has 4 aliphatic carbocycles. The molecule has 0 bridgehead atoms. The van der Waals surface area contributed by atoms with E-state index >= 15 is 0 Å². The number of amides is 1. The molecule has 0 radical (unpaired) electrons. The summed E-state index contributed by atoms with van der Waals surface area (Å²) < 4.78 is 0. The molecular formula is C28H48N2O7. The molecule has 0 heterocycles. The van der Waals surface area contributed by atoms with Gasteiger partial charge in [-0.3, -0.25) is 14.8 Å². The zero-order chi connectivity index (χ0) is 26.4. The van der Waals surface area contributed by atoms with Crippen LogP contribution in [0.15, 0.2) is 0 Å². The monoisotopic (exact) mass is 524 g/mol. The highest BCUT2D eigenvalue weighted by Gasteiger charge is 2.40. The van der Waals surface area contributed by atoms with E-state index < -0.39 is 23.9 Å². The van der Waals surface area contributed by atoms with Crippen LogP contribution in [0.2, 0.25) is 0 Å². The molecule has 0 aromatic carbocycles. The Hall–Kier alpha value is -1.26. The number of carbonyl (C=O) groups is 2. The number of aliphatic carboxylic acids is 1. The van der Waals surface area contributed by atoms with Gasteiger partial charge in [-0.25, -0.2) is 4.89 Å². The SMILES string of the molecule is O=C(O)C1CCC(O)CC1C(=O)NC1CCC(CC2CCC(NC3CC(O)CCC3COO)CC2)CC1. The Morgan fingerprint density at radius 2 is 1.32 bits per heavy atom. The predicted molar refractivity (Wildman–Crippen MR) is 138 cm³/mol. The molecule has 37 heavy (non-hydrogen) atoms. The molecule has 6 N–H and O–H groups in total.